The molecule has 1 unspecified atom stereocenters. The molecule has 7 nitrogen and oxygen atoms in total. The van der Waals surface area contributed by atoms with Crippen LogP contribution in [0.2, 0.25) is 0 Å². The normalized spacial score (nSPS) is 16.6. The maximum Gasteiger partial charge on any atom is 0.267 e. The van der Waals surface area contributed by atoms with Crippen molar-refractivity contribution in [2.24, 2.45) is 5.92 Å². The lowest BCUT2D eigenvalue weighted by Gasteiger charge is -2.22. The van der Waals surface area contributed by atoms with Crippen molar-refractivity contribution in [1.29, 1.82) is 5.26 Å². The number of nitrogens with zero attached hydrogens (tertiary/aromatic N) is 3. The Morgan fingerprint density at radius 2 is 2.12 bits per heavy atom. The Bertz CT molecular complexity index is 1350. The molecule has 3 aromatic rings. The van der Waals surface area contributed by atoms with Gasteiger partial charge in [0, 0.05) is 4.88 Å². The van der Waals surface area contributed by atoms with E-state index in [0.717, 1.165) is 48.2 Å². The van der Waals surface area contributed by atoms with E-state index in [-0.39, 0.29) is 23.1 Å². The molecular weight excluding hydrogens is 468 g/mol. The maximum absolute atomic E-state index is 13.7. The highest BCUT2D eigenvalue weighted by Crippen LogP contribution is 2.39. The summed E-state index contributed by atoms with van der Waals surface area (Å²) in [4.78, 5) is 33.3. The van der Waals surface area contributed by atoms with E-state index in [1.807, 2.05) is 31.2 Å². The fourth-order valence-corrected chi connectivity index (χ4v) is 6.66. The fraction of sp³-hybridized carbons (Fsp3) is 0.440. The van der Waals surface area contributed by atoms with Gasteiger partial charge >= 0.3 is 0 Å². The summed E-state index contributed by atoms with van der Waals surface area (Å²) < 4.78 is 7.15. The summed E-state index contributed by atoms with van der Waals surface area (Å²) in [6.45, 7) is 4.26. The first-order valence-corrected chi connectivity index (χ1v) is 13.4. The van der Waals surface area contributed by atoms with Crippen LogP contribution in [0.1, 0.15) is 43.6 Å². The van der Waals surface area contributed by atoms with Crippen LogP contribution in [0.5, 0.6) is 5.75 Å². The third-order valence-electron chi connectivity index (χ3n) is 6.47. The first kappa shape index (κ1) is 22.9. The molecule has 176 valence electrons. The fourth-order valence-electron chi connectivity index (χ4n) is 4.55. The molecule has 2 aromatic heterocycles. The highest BCUT2D eigenvalue weighted by atomic mass is 32.2. The van der Waals surface area contributed by atoms with Crippen LogP contribution in [-0.4, -0.2) is 33.4 Å². The van der Waals surface area contributed by atoms with Crippen molar-refractivity contribution in [1.82, 2.24) is 14.9 Å². The summed E-state index contributed by atoms with van der Waals surface area (Å²) in [7, 11) is 0. The molecule has 0 aliphatic heterocycles. The molecule has 1 atom stereocenters. The van der Waals surface area contributed by atoms with Crippen LogP contribution >= 0.6 is 23.1 Å². The van der Waals surface area contributed by atoms with Crippen molar-refractivity contribution >= 4 is 39.2 Å². The molecule has 1 aromatic carbocycles. The van der Waals surface area contributed by atoms with E-state index in [2.05, 4.69) is 11.4 Å². The topological polar surface area (TPSA) is 97.0 Å². The minimum Gasteiger partial charge on any atom is -0.494 e. The van der Waals surface area contributed by atoms with Gasteiger partial charge in [-0.05, 0) is 81.7 Å². The van der Waals surface area contributed by atoms with Crippen molar-refractivity contribution in [2.75, 3.05) is 12.4 Å². The number of hydrogen-bond acceptors (Lipinski definition) is 7. The molecular formula is C25H26N4O3S2. The van der Waals surface area contributed by atoms with E-state index in [9.17, 15) is 14.9 Å². The van der Waals surface area contributed by atoms with Gasteiger partial charge in [0.15, 0.2) is 5.16 Å². The number of carbonyl (C=O) groups is 1. The van der Waals surface area contributed by atoms with Crippen molar-refractivity contribution < 1.29 is 9.53 Å². The molecule has 2 heterocycles. The summed E-state index contributed by atoms with van der Waals surface area (Å²) in [6, 6.07) is 9.61. The Kier molecular flexibility index (Phi) is 6.13. The quantitative estimate of drug-likeness (QED) is 0.372. The van der Waals surface area contributed by atoms with E-state index in [1.165, 1.54) is 16.6 Å². The zero-order valence-corrected chi connectivity index (χ0v) is 20.9. The molecule has 5 rings (SSSR count). The van der Waals surface area contributed by atoms with Gasteiger partial charge in [0.25, 0.3) is 5.56 Å². The average molecular weight is 495 g/mol. The number of amides is 1. The lowest BCUT2D eigenvalue weighted by Crippen LogP contribution is -2.47. The molecule has 2 aliphatic carbocycles. The SMILES string of the molecule is CCOc1ccc(-n2c(SCC(=O)NC(C)(C#N)C3CC3)nc3sc4c(c3c2=O)CCC4)cc1. The number of thioether (sulfide) groups is 1. The summed E-state index contributed by atoms with van der Waals surface area (Å²) in [5.41, 5.74) is 0.860. The first-order chi connectivity index (χ1) is 16.4. The van der Waals surface area contributed by atoms with Gasteiger partial charge in [0.05, 0.1) is 29.5 Å². The largest absolute Gasteiger partial charge is 0.494 e. The maximum atomic E-state index is 13.7. The smallest absolute Gasteiger partial charge is 0.267 e. The third-order valence-corrected chi connectivity index (χ3v) is 8.60. The molecule has 0 saturated heterocycles. The second-order valence-electron chi connectivity index (χ2n) is 8.92. The molecule has 9 heteroatoms. The predicted molar refractivity (Wildman–Crippen MR) is 134 cm³/mol. The summed E-state index contributed by atoms with van der Waals surface area (Å²) in [6.07, 6.45) is 4.86. The summed E-state index contributed by atoms with van der Waals surface area (Å²) in [5, 5.41) is 13.6. The first-order valence-electron chi connectivity index (χ1n) is 11.6. The lowest BCUT2D eigenvalue weighted by atomic mass is 9.98. The third kappa shape index (κ3) is 4.21. The summed E-state index contributed by atoms with van der Waals surface area (Å²) >= 11 is 2.81. The Morgan fingerprint density at radius 1 is 1.35 bits per heavy atom. The van der Waals surface area contributed by atoms with Gasteiger partial charge in [-0.2, -0.15) is 5.26 Å². The number of rotatable bonds is 8. The van der Waals surface area contributed by atoms with E-state index in [0.29, 0.717) is 22.8 Å². The summed E-state index contributed by atoms with van der Waals surface area (Å²) in [5.74, 6) is 0.775. The molecule has 34 heavy (non-hydrogen) atoms. The Balaban J connectivity index is 1.50. The molecule has 1 fully saturated rings. The number of carbonyl (C=O) groups excluding carboxylic acids is 1. The van der Waals surface area contributed by atoms with Crippen molar-refractivity contribution in [3.05, 3.63) is 45.1 Å². The van der Waals surface area contributed by atoms with Crippen LogP contribution < -0.4 is 15.6 Å². The molecule has 0 bridgehead atoms. The highest BCUT2D eigenvalue weighted by molar-refractivity contribution is 7.99. The van der Waals surface area contributed by atoms with Crippen LogP contribution in [0.3, 0.4) is 0 Å². The van der Waals surface area contributed by atoms with Crippen molar-refractivity contribution in [2.45, 2.75) is 56.6 Å². The number of ether oxygens (including phenoxy) is 1. The monoisotopic (exact) mass is 494 g/mol. The van der Waals surface area contributed by atoms with Gasteiger partial charge < -0.3 is 10.1 Å². The predicted octanol–water partition coefficient (Wildman–Crippen LogP) is 4.24. The second-order valence-corrected chi connectivity index (χ2v) is 11.0. The van der Waals surface area contributed by atoms with Crippen LogP contribution in [0.4, 0.5) is 0 Å². The van der Waals surface area contributed by atoms with E-state index < -0.39 is 5.54 Å². The minimum atomic E-state index is -0.849. The molecule has 1 saturated carbocycles. The minimum absolute atomic E-state index is 0.0735. The van der Waals surface area contributed by atoms with E-state index in [4.69, 9.17) is 9.72 Å². The number of nitrogens with one attached hydrogen (secondary N) is 1. The average Bonchev–Trinajstić information content (AvgIpc) is 3.50. The number of fused-ring (bicyclic) bond motifs is 3. The number of hydrogen-bond donors (Lipinski definition) is 1. The number of aryl methyl sites for hydroxylation is 2. The number of aromatic nitrogens is 2. The van der Waals surface area contributed by atoms with E-state index in [1.54, 1.807) is 22.8 Å². The van der Waals surface area contributed by atoms with Gasteiger partial charge in [0.2, 0.25) is 5.91 Å². The van der Waals surface area contributed by atoms with Gasteiger partial charge in [-0.3, -0.25) is 14.2 Å². The van der Waals surface area contributed by atoms with Crippen LogP contribution in [0, 0.1) is 17.2 Å². The zero-order chi connectivity index (χ0) is 23.9. The van der Waals surface area contributed by atoms with Crippen molar-refractivity contribution in [3.8, 4) is 17.5 Å². The highest BCUT2D eigenvalue weighted by Gasteiger charge is 2.43. The molecule has 1 N–H and O–H groups in total. The standard InChI is InChI=1S/C25H26N4O3S2/c1-3-32-17-11-9-16(10-12-17)29-23(31)21-18-5-4-6-19(18)34-22(21)27-24(29)33-13-20(30)28-25(2,14-26)15-7-8-15/h9-12,15H,3-8,13H2,1-2H3,(H,28,30). The molecule has 0 spiro atoms. The van der Waals surface area contributed by atoms with Gasteiger partial charge in [-0.1, -0.05) is 11.8 Å². The van der Waals surface area contributed by atoms with Crippen LogP contribution in [0.15, 0.2) is 34.2 Å². The Hall–Kier alpha value is -2.83. The van der Waals surface area contributed by atoms with Gasteiger partial charge in [-0.25, -0.2) is 4.98 Å². The molecule has 1 amide bonds. The van der Waals surface area contributed by atoms with Crippen LogP contribution in [0.25, 0.3) is 15.9 Å². The van der Waals surface area contributed by atoms with Gasteiger partial charge in [-0.15, -0.1) is 11.3 Å². The van der Waals surface area contributed by atoms with E-state index >= 15 is 0 Å². The Labute approximate surface area is 206 Å². The van der Waals surface area contributed by atoms with Crippen LogP contribution in [-0.2, 0) is 17.6 Å². The molecule has 0 radical (unpaired) electrons. The number of nitriles is 1. The second kappa shape index (κ2) is 9.08. The van der Waals surface area contributed by atoms with Crippen molar-refractivity contribution in [3.63, 3.8) is 0 Å². The number of benzene rings is 1. The van der Waals surface area contributed by atoms with Gasteiger partial charge in [0.1, 0.15) is 16.1 Å². The molecule has 2 aliphatic rings. The Morgan fingerprint density at radius 3 is 2.79 bits per heavy atom. The number of thiophene rings is 1. The lowest BCUT2D eigenvalue weighted by molar-refractivity contribution is -0.119. The zero-order valence-electron chi connectivity index (χ0n) is 19.2.